The summed E-state index contributed by atoms with van der Waals surface area (Å²) < 4.78 is 10.7. The van der Waals surface area contributed by atoms with Gasteiger partial charge >= 0.3 is 5.97 Å². The topological polar surface area (TPSA) is 51.7 Å². The van der Waals surface area contributed by atoms with Crippen LogP contribution in [0, 0.1) is 5.92 Å². The summed E-state index contributed by atoms with van der Waals surface area (Å²) >= 11 is 0. The van der Waals surface area contributed by atoms with Crippen molar-refractivity contribution in [2.24, 2.45) is 5.92 Å². The average Bonchev–Trinajstić information content (AvgIpc) is 2.86. The summed E-state index contributed by atoms with van der Waals surface area (Å²) in [6.07, 6.45) is 9.11. The molecule has 3 unspecified atom stereocenters. The third-order valence-electron chi connectivity index (χ3n) is 5.25. The van der Waals surface area contributed by atoms with Crippen LogP contribution in [0.25, 0.3) is 6.08 Å². The number of fused-ring (bicyclic) bond motifs is 1. The smallest absolute Gasteiger partial charge is 0.341 e. The third-order valence-corrected chi connectivity index (χ3v) is 5.25. The van der Waals surface area contributed by atoms with Gasteiger partial charge in [-0.3, -0.25) is 4.98 Å². The molecule has 0 fully saturated rings. The highest BCUT2D eigenvalue weighted by Crippen LogP contribution is 2.39. The van der Waals surface area contributed by atoms with Crippen LogP contribution in [-0.4, -0.2) is 56.9 Å². The van der Waals surface area contributed by atoms with Crippen LogP contribution in [0.3, 0.4) is 0 Å². The molecule has 6 heteroatoms. The van der Waals surface area contributed by atoms with Gasteiger partial charge in [-0.15, -0.1) is 5.01 Å². The molecule has 25 heavy (non-hydrogen) atoms. The molecule has 1 aromatic rings. The van der Waals surface area contributed by atoms with Crippen molar-refractivity contribution in [3.05, 3.63) is 41.4 Å². The number of ether oxygens (including phenoxy) is 2. The molecule has 0 saturated heterocycles. The minimum atomic E-state index is -0.317. The Morgan fingerprint density at radius 3 is 2.88 bits per heavy atom. The fraction of sp³-hybridized carbons (Fsp3) is 0.474. The van der Waals surface area contributed by atoms with Gasteiger partial charge in [0.1, 0.15) is 17.8 Å². The fourth-order valence-electron chi connectivity index (χ4n) is 3.72. The Morgan fingerprint density at radius 2 is 2.20 bits per heavy atom. The van der Waals surface area contributed by atoms with Gasteiger partial charge in [-0.1, -0.05) is 19.1 Å². The number of pyridine rings is 1. The normalized spacial score (nSPS) is 28.6. The summed E-state index contributed by atoms with van der Waals surface area (Å²) in [5, 5.41) is 2.12. The third kappa shape index (κ3) is 2.90. The van der Waals surface area contributed by atoms with E-state index >= 15 is 0 Å². The van der Waals surface area contributed by atoms with Crippen LogP contribution in [-0.2, 0) is 20.7 Å². The molecule has 0 aromatic carbocycles. The van der Waals surface area contributed by atoms with Gasteiger partial charge in [0, 0.05) is 26.4 Å². The van der Waals surface area contributed by atoms with Crippen molar-refractivity contribution in [2.45, 2.75) is 19.4 Å². The first-order chi connectivity index (χ1) is 11.9. The molecule has 0 saturated carbocycles. The van der Waals surface area contributed by atoms with Gasteiger partial charge in [-0.2, -0.15) is 4.59 Å². The summed E-state index contributed by atoms with van der Waals surface area (Å²) in [7, 11) is 7.12. The summed E-state index contributed by atoms with van der Waals surface area (Å²) in [6.45, 7) is 2.61. The SMILES string of the molecule is COCC1C(C(=O)OC)=C[N+](C)(c2ccnc3c2C=CC(C)C3)N1C. The highest BCUT2D eigenvalue weighted by atomic mass is 16.5. The number of hydrogen-bond acceptors (Lipinski definition) is 5. The summed E-state index contributed by atoms with van der Waals surface area (Å²) in [4.78, 5) is 16.9. The first-order valence-corrected chi connectivity index (χ1v) is 8.48. The van der Waals surface area contributed by atoms with Crippen LogP contribution >= 0.6 is 0 Å². The Balaban J connectivity index is 2.11. The molecule has 0 spiro atoms. The number of nitrogens with zero attached hydrogens (tertiary/aromatic N) is 3. The molecular weight excluding hydrogens is 318 g/mol. The molecule has 1 aliphatic carbocycles. The molecule has 0 amide bonds. The number of methoxy groups -OCH3 is 2. The predicted molar refractivity (Wildman–Crippen MR) is 97.4 cm³/mol. The van der Waals surface area contributed by atoms with E-state index in [4.69, 9.17) is 9.47 Å². The minimum absolute atomic E-state index is 0.169. The van der Waals surface area contributed by atoms with E-state index in [1.165, 1.54) is 7.11 Å². The van der Waals surface area contributed by atoms with Gasteiger partial charge in [0.15, 0.2) is 5.69 Å². The lowest BCUT2D eigenvalue weighted by atomic mass is 9.93. The van der Waals surface area contributed by atoms with E-state index in [0.29, 0.717) is 22.7 Å². The zero-order chi connectivity index (χ0) is 18.2. The number of likely N-dealkylation sites (N-methyl/N-ethyl adjacent to an activating group) is 1. The second-order valence-electron chi connectivity index (χ2n) is 6.88. The summed E-state index contributed by atoms with van der Waals surface area (Å²) in [6, 6.07) is 1.86. The largest absolute Gasteiger partial charge is 0.465 e. The van der Waals surface area contributed by atoms with Crippen molar-refractivity contribution in [3.8, 4) is 0 Å². The summed E-state index contributed by atoms with van der Waals surface area (Å²) in [5.41, 5.74) is 3.95. The van der Waals surface area contributed by atoms with E-state index in [9.17, 15) is 4.79 Å². The Hall–Kier alpha value is -2.02. The number of hydrogen-bond donors (Lipinski definition) is 0. The van der Waals surface area contributed by atoms with E-state index < -0.39 is 0 Å². The lowest BCUT2D eigenvalue weighted by Crippen LogP contribution is -2.54. The van der Waals surface area contributed by atoms with E-state index in [1.807, 2.05) is 25.5 Å². The van der Waals surface area contributed by atoms with Crippen molar-refractivity contribution in [3.63, 3.8) is 0 Å². The van der Waals surface area contributed by atoms with E-state index in [1.54, 1.807) is 7.11 Å². The van der Waals surface area contributed by atoms with E-state index in [2.05, 4.69) is 36.1 Å². The molecular formula is C19H26N3O3+. The molecule has 1 aliphatic heterocycles. The maximum atomic E-state index is 12.3. The molecule has 0 radical (unpaired) electrons. The molecule has 1 aromatic heterocycles. The minimum Gasteiger partial charge on any atom is -0.465 e. The standard InChI is InChI=1S/C19H26N3O3/c1-13-6-7-14-16(10-13)20-9-8-18(14)22(3)11-15(19(23)25-5)17(12-24-4)21(22)2/h6-9,11,13,17H,10,12H2,1-5H3/q+1. The van der Waals surface area contributed by atoms with Gasteiger partial charge in [-0.05, 0) is 12.3 Å². The van der Waals surface area contributed by atoms with E-state index in [0.717, 1.165) is 23.4 Å². The van der Waals surface area contributed by atoms with Crippen molar-refractivity contribution in [2.75, 3.05) is 34.9 Å². The van der Waals surface area contributed by atoms with Crippen LogP contribution in [0.15, 0.2) is 30.1 Å². The Labute approximate surface area is 148 Å². The molecule has 6 nitrogen and oxygen atoms in total. The average molecular weight is 344 g/mol. The van der Waals surface area contributed by atoms with Crippen molar-refractivity contribution < 1.29 is 14.3 Å². The highest BCUT2D eigenvalue weighted by molar-refractivity contribution is 5.91. The quantitative estimate of drug-likeness (QED) is 0.619. The van der Waals surface area contributed by atoms with Crippen LogP contribution < -0.4 is 4.59 Å². The Kier molecular flexibility index (Phi) is 4.77. The number of quaternary nitrogens is 1. The number of allylic oxidation sites excluding steroid dienone is 1. The second-order valence-corrected chi connectivity index (χ2v) is 6.88. The molecule has 3 atom stereocenters. The van der Waals surface area contributed by atoms with Crippen molar-refractivity contribution >= 4 is 17.7 Å². The molecule has 0 bridgehead atoms. The van der Waals surface area contributed by atoms with Gasteiger partial charge in [0.2, 0.25) is 0 Å². The molecule has 0 N–H and O–H groups in total. The lowest BCUT2D eigenvalue weighted by Gasteiger charge is -2.37. The monoisotopic (exact) mass is 344 g/mol. The second kappa shape index (κ2) is 6.71. The van der Waals surface area contributed by atoms with Crippen molar-refractivity contribution in [1.29, 1.82) is 0 Å². The molecule has 2 heterocycles. The van der Waals surface area contributed by atoms with Gasteiger partial charge in [0.25, 0.3) is 0 Å². The highest BCUT2D eigenvalue weighted by Gasteiger charge is 2.47. The number of rotatable bonds is 4. The number of carbonyl (C=O) groups is 1. The van der Waals surface area contributed by atoms with Gasteiger partial charge in [-0.25, -0.2) is 4.79 Å². The van der Waals surface area contributed by atoms with Crippen LogP contribution in [0.4, 0.5) is 5.69 Å². The summed E-state index contributed by atoms with van der Waals surface area (Å²) in [5.74, 6) is 0.169. The number of esters is 1. The maximum absolute atomic E-state index is 12.3. The maximum Gasteiger partial charge on any atom is 0.341 e. The molecule has 3 rings (SSSR count). The Morgan fingerprint density at radius 1 is 1.44 bits per heavy atom. The van der Waals surface area contributed by atoms with E-state index in [-0.39, 0.29) is 12.0 Å². The van der Waals surface area contributed by atoms with Crippen LogP contribution in [0.1, 0.15) is 18.2 Å². The fourth-order valence-corrected chi connectivity index (χ4v) is 3.72. The zero-order valence-electron chi connectivity index (χ0n) is 15.5. The Bertz CT molecular complexity index is 743. The number of carbonyl (C=O) groups excluding carboxylic acids is 1. The van der Waals surface area contributed by atoms with Crippen molar-refractivity contribution in [1.82, 2.24) is 14.6 Å². The van der Waals surface area contributed by atoms with Gasteiger partial charge in [0.05, 0.1) is 32.0 Å². The first kappa shape index (κ1) is 17.8. The first-order valence-electron chi connectivity index (χ1n) is 8.48. The predicted octanol–water partition coefficient (Wildman–Crippen LogP) is 2.16. The number of aromatic nitrogens is 1. The zero-order valence-corrected chi connectivity index (χ0v) is 15.5. The lowest BCUT2D eigenvalue weighted by molar-refractivity contribution is -0.136. The molecule has 2 aliphatic rings. The van der Waals surface area contributed by atoms with Gasteiger partial charge < -0.3 is 9.47 Å². The molecule has 134 valence electrons. The van der Waals surface area contributed by atoms with Crippen LogP contribution in [0.5, 0.6) is 0 Å². The van der Waals surface area contributed by atoms with Crippen LogP contribution in [0.2, 0.25) is 0 Å².